The summed E-state index contributed by atoms with van der Waals surface area (Å²) < 4.78 is 16.8. The fraction of sp³-hybridized carbons (Fsp3) is 0.111. The van der Waals surface area contributed by atoms with Crippen LogP contribution >= 0.6 is 11.3 Å². The maximum atomic E-state index is 15.2. The molecule has 7 heteroatoms. The molecule has 5 nitrogen and oxygen atoms in total. The van der Waals surface area contributed by atoms with E-state index in [1.165, 1.54) is 17.4 Å². The van der Waals surface area contributed by atoms with Gasteiger partial charge in [0.15, 0.2) is 6.04 Å². The topological polar surface area (TPSA) is 56.5 Å². The molecule has 0 radical (unpaired) electrons. The summed E-state index contributed by atoms with van der Waals surface area (Å²) in [6.45, 7) is 1.84. The van der Waals surface area contributed by atoms with E-state index in [-0.39, 0.29) is 11.8 Å². The molecule has 0 saturated carbocycles. The fourth-order valence-corrected chi connectivity index (χ4v) is 5.47. The lowest BCUT2D eigenvalue weighted by Gasteiger charge is -2.28. The van der Waals surface area contributed by atoms with Crippen LogP contribution in [-0.4, -0.2) is 18.1 Å². The summed E-state index contributed by atoms with van der Waals surface area (Å²) in [4.78, 5) is 16.1. The molecule has 0 bridgehead atoms. The molecule has 1 aromatic heterocycles. The molecule has 1 aliphatic rings. The van der Waals surface area contributed by atoms with Crippen LogP contribution in [0.5, 0.6) is 5.88 Å². The molecule has 2 N–H and O–H groups in total. The lowest BCUT2D eigenvalue weighted by molar-refractivity contribution is -0.695. The van der Waals surface area contributed by atoms with Crippen LogP contribution in [0.1, 0.15) is 18.5 Å². The third kappa shape index (κ3) is 3.64. The smallest absolute Gasteiger partial charge is 0.345 e. The van der Waals surface area contributed by atoms with Crippen molar-refractivity contribution in [1.29, 1.82) is 0 Å². The number of aromatic hydroxyl groups is 1. The highest BCUT2D eigenvalue weighted by Crippen LogP contribution is 2.45. The SMILES string of the molecule is CC1=C(C(=O)Nc2ccccc2)C(c2ccccc2F)[n+]2c(sc(-c3ccccc3)c2O)N1C. The number of para-hydroxylation sites is 1. The first-order chi connectivity index (χ1) is 16.5. The summed E-state index contributed by atoms with van der Waals surface area (Å²) in [7, 11) is 1.85. The van der Waals surface area contributed by atoms with Gasteiger partial charge in [0.1, 0.15) is 22.0 Å². The van der Waals surface area contributed by atoms with Crippen LogP contribution in [0.2, 0.25) is 0 Å². The molecule has 0 aliphatic carbocycles. The summed E-state index contributed by atoms with van der Waals surface area (Å²) >= 11 is 1.40. The zero-order valence-corrected chi connectivity index (χ0v) is 19.5. The van der Waals surface area contributed by atoms with Gasteiger partial charge in [-0.2, -0.15) is 4.57 Å². The molecule has 5 rings (SSSR count). The number of anilines is 2. The predicted molar refractivity (Wildman–Crippen MR) is 132 cm³/mol. The van der Waals surface area contributed by atoms with Crippen LogP contribution < -0.4 is 14.8 Å². The van der Waals surface area contributed by atoms with Gasteiger partial charge < -0.3 is 10.4 Å². The number of benzene rings is 3. The first kappa shape index (κ1) is 21.9. The molecule has 2 heterocycles. The van der Waals surface area contributed by atoms with E-state index >= 15 is 4.39 Å². The normalized spacial score (nSPS) is 15.3. The number of amides is 1. The minimum absolute atomic E-state index is 0.0104. The van der Waals surface area contributed by atoms with Gasteiger partial charge >= 0.3 is 11.0 Å². The zero-order chi connectivity index (χ0) is 23.8. The minimum Gasteiger partial charge on any atom is -0.477 e. The summed E-state index contributed by atoms with van der Waals surface area (Å²) in [5, 5.41) is 15.1. The molecule has 1 aliphatic heterocycles. The van der Waals surface area contributed by atoms with Gasteiger partial charge in [-0.25, -0.2) is 9.29 Å². The van der Waals surface area contributed by atoms with Crippen molar-refractivity contribution in [2.75, 3.05) is 17.3 Å². The van der Waals surface area contributed by atoms with Gasteiger partial charge in [-0.05, 0) is 42.0 Å². The van der Waals surface area contributed by atoms with E-state index in [4.69, 9.17) is 0 Å². The van der Waals surface area contributed by atoms with Crippen LogP contribution in [0.4, 0.5) is 15.2 Å². The van der Waals surface area contributed by atoms with Crippen molar-refractivity contribution in [2.45, 2.75) is 13.0 Å². The Bertz CT molecular complexity index is 1400. The Balaban J connectivity index is 1.71. The first-order valence-electron chi connectivity index (χ1n) is 10.9. The van der Waals surface area contributed by atoms with Crippen LogP contribution in [0.15, 0.2) is 96.2 Å². The molecule has 1 unspecified atom stereocenters. The monoisotopic (exact) mass is 472 g/mol. The number of allylic oxidation sites excluding steroid dienone is 1. The Morgan fingerprint density at radius 3 is 2.29 bits per heavy atom. The van der Waals surface area contributed by atoms with Crippen molar-refractivity contribution in [3.05, 3.63) is 108 Å². The molecule has 34 heavy (non-hydrogen) atoms. The molecule has 3 aromatic carbocycles. The standard InChI is InChI=1S/C27H22FN3O2S/c1-17-22(25(32)29-19-13-7-4-8-14-19)23(20-15-9-10-16-21(20)28)31-26(33)24(34-27(31)30(17)2)18-11-5-3-6-12-18/h3-16,23H,1-2H3,(H-,29,32,33)/p+1. The Hall–Kier alpha value is -3.97. The molecule has 4 aromatic rings. The van der Waals surface area contributed by atoms with Gasteiger partial charge in [0.05, 0.1) is 7.05 Å². The van der Waals surface area contributed by atoms with Gasteiger partial charge in [0.2, 0.25) is 0 Å². The molecule has 1 amide bonds. The van der Waals surface area contributed by atoms with Crippen molar-refractivity contribution < 1.29 is 18.9 Å². The second-order valence-electron chi connectivity index (χ2n) is 8.08. The van der Waals surface area contributed by atoms with Gasteiger partial charge in [-0.3, -0.25) is 4.79 Å². The Labute approximate surface area is 201 Å². The fourth-order valence-electron chi connectivity index (χ4n) is 4.28. The number of carbonyl (C=O) groups excluding carboxylic acids is 1. The van der Waals surface area contributed by atoms with Crippen molar-refractivity contribution in [2.24, 2.45) is 0 Å². The Morgan fingerprint density at radius 2 is 1.62 bits per heavy atom. The lowest BCUT2D eigenvalue weighted by atomic mass is 9.93. The van der Waals surface area contributed by atoms with E-state index in [2.05, 4.69) is 5.32 Å². The number of rotatable bonds is 4. The molecule has 0 saturated heterocycles. The number of nitrogens with zero attached hydrogens (tertiary/aromatic N) is 2. The number of thiazole rings is 1. The molecule has 170 valence electrons. The van der Waals surface area contributed by atoms with Crippen LogP contribution in [0.3, 0.4) is 0 Å². The number of nitrogens with one attached hydrogen (secondary N) is 1. The van der Waals surface area contributed by atoms with Gasteiger partial charge in [0.25, 0.3) is 5.91 Å². The van der Waals surface area contributed by atoms with E-state index in [0.29, 0.717) is 32.5 Å². The van der Waals surface area contributed by atoms with Crippen LogP contribution in [0, 0.1) is 5.82 Å². The zero-order valence-electron chi connectivity index (χ0n) is 18.7. The Kier molecular flexibility index (Phi) is 5.63. The average molecular weight is 473 g/mol. The maximum absolute atomic E-state index is 15.2. The van der Waals surface area contributed by atoms with Gasteiger partial charge in [-0.15, -0.1) is 0 Å². The lowest BCUT2D eigenvalue weighted by Crippen LogP contribution is -2.50. The number of hydrogen-bond donors (Lipinski definition) is 2. The summed E-state index contributed by atoms with van der Waals surface area (Å²) in [6.07, 6.45) is 0. The van der Waals surface area contributed by atoms with Crippen LogP contribution in [0.25, 0.3) is 10.4 Å². The third-order valence-corrected chi connectivity index (χ3v) is 7.33. The second kappa shape index (κ2) is 8.76. The quantitative estimate of drug-likeness (QED) is 0.386. The van der Waals surface area contributed by atoms with E-state index < -0.39 is 11.9 Å². The highest BCUT2D eigenvalue weighted by molar-refractivity contribution is 7.18. The molecule has 1 atom stereocenters. The largest absolute Gasteiger partial charge is 0.477 e. The van der Waals surface area contributed by atoms with Crippen molar-refractivity contribution in [3.63, 3.8) is 0 Å². The average Bonchev–Trinajstić information content (AvgIpc) is 3.20. The molecular weight excluding hydrogens is 449 g/mol. The van der Waals surface area contributed by atoms with Crippen molar-refractivity contribution in [3.8, 4) is 16.3 Å². The Morgan fingerprint density at radius 1 is 1.00 bits per heavy atom. The van der Waals surface area contributed by atoms with Gasteiger partial charge in [-0.1, -0.05) is 66.7 Å². The summed E-state index contributed by atoms with van der Waals surface area (Å²) in [5.74, 6) is -0.808. The van der Waals surface area contributed by atoms with E-state index in [0.717, 1.165) is 5.56 Å². The van der Waals surface area contributed by atoms with Crippen molar-refractivity contribution in [1.82, 2.24) is 0 Å². The summed E-state index contributed by atoms with van der Waals surface area (Å²) in [6, 6.07) is 24.2. The number of carbonyl (C=O) groups is 1. The van der Waals surface area contributed by atoms with Crippen LogP contribution in [-0.2, 0) is 4.79 Å². The number of aromatic nitrogens is 1. The molecular formula is C27H23FN3O2S+. The predicted octanol–water partition coefficient (Wildman–Crippen LogP) is 5.50. The van der Waals surface area contributed by atoms with E-state index in [1.807, 2.05) is 67.4 Å². The third-order valence-electron chi connectivity index (χ3n) is 6.05. The molecule has 0 fully saturated rings. The number of hydrogen-bond acceptors (Lipinski definition) is 4. The maximum Gasteiger partial charge on any atom is 0.345 e. The first-order valence-corrected chi connectivity index (χ1v) is 11.7. The van der Waals surface area contributed by atoms with Gasteiger partial charge in [0, 0.05) is 11.3 Å². The molecule has 0 spiro atoms. The summed E-state index contributed by atoms with van der Waals surface area (Å²) in [5.41, 5.74) is 2.84. The highest BCUT2D eigenvalue weighted by atomic mass is 32.1. The van der Waals surface area contributed by atoms with E-state index in [1.54, 1.807) is 34.9 Å². The number of halogens is 1. The van der Waals surface area contributed by atoms with Crippen molar-refractivity contribution >= 4 is 28.1 Å². The van der Waals surface area contributed by atoms with E-state index in [9.17, 15) is 9.90 Å². The highest BCUT2D eigenvalue weighted by Gasteiger charge is 2.45. The minimum atomic E-state index is -0.843. The number of fused-ring (bicyclic) bond motifs is 1. The second-order valence-corrected chi connectivity index (χ2v) is 9.05.